The lowest BCUT2D eigenvalue weighted by molar-refractivity contribution is -0.134. The second-order valence-electron chi connectivity index (χ2n) is 7.48. The highest BCUT2D eigenvalue weighted by Crippen LogP contribution is 2.30. The Kier molecular flexibility index (Phi) is 8.20. The molecule has 1 amide bonds. The van der Waals surface area contributed by atoms with E-state index in [1.807, 2.05) is 0 Å². The molecule has 1 heterocycles. The third-order valence-electron chi connectivity index (χ3n) is 5.27. The zero-order chi connectivity index (χ0) is 19.9. The van der Waals surface area contributed by atoms with E-state index in [1.165, 1.54) is 6.07 Å². The van der Waals surface area contributed by atoms with Crippen LogP contribution in [0.15, 0.2) is 18.2 Å². The zero-order valence-corrected chi connectivity index (χ0v) is 16.8. The Morgan fingerprint density at radius 3 is 2.70 bits per heavy atom. The van der Waals surface area contributed by atoms with Crippen LogP contribution in [0.4, 0.5) is 4.39 Å². The van der Waals surface area contributed by atoms with Gasteiger partial charge in [0, 0.05) is 20.2 Å². The van der Waals surface area contributed by atoms with Gasteiger partial charge in [-0.25, -0.2) is 4.39 Å². The van der Waals surface area contributed by atoms with Crippen LogP contribution in [0.1, 0.15) is 56.7 Å². The van der Waals surface area contributed by atoms with E-state index in [9.17, 15) is 14.3 Å². The maximum absolute atomic E-state index is 13.5. The van der Waals surface area contributed by atoms with Crippen molar-refractivity contribution in [2.45, 2.75) is 57.6 Å². The number of carbonyl (C=O) groups excluding carboxylic acids is 1. The minimum absolute atomic E-state index is 0.0256. The van der Waals surface area contributed by atoms with Gasteiger partial charge in [-0.1, -0.05) is 32.8 Å². The van der Waals surface area contributed by atoms with Crippen molar-refractivity contribution in [2.75, 3.05) is 33.4 Å². The third kappa shape index (κ3) is 5.74. The van der Waals surface area contributed by atoms with Crippen molar-refractivity contribution in [2.24, 2.45) is 0 Å². The highest BCUT2D eigenvalue weighted by Gasteiger charge is 2.31. The Hall–Kier alpha value is -1.50. The highest BCUT2D eigenvalue weighted by atomic mass is 19.1. The molecule has 0 saturated carbocycles. The summed E-state index contributed by atoms with van der Waals surface area (Å²) in [5.41, 5.74) is 1.13. The Balaban J connectivity index is 2.01. The number of hydrogen-bond donors (Lipinski definition) is 2. The third-order valence-corrected chi connectivity index (χ3v) is 5.27. The van der Waals surface area contributed by atoms with Crippen molar-refractivity contribution in [1.29, 1.82) is 0 Å². The number of nitrogens with zero attached hydrogens (tertiary/aromatic N) is 1. The topological polar surface area (TPSA) is 61.8 Å². The van der Waals surface area contributed by atoms with E-state index in [2.05, 4.69) is 19.2 Å². The second kappa shape index (κ2) is 10.2. The van der Waals surface area contributed by atoms with Gasteiger partial charge in [-0.15, -0.1) is 0 Å². The molecule has 1 aromatic rings. The van der Waals surface area contributed by atoms with Crippen molar-refractivity contribution in [1.82, 2.24) is 10.2 Å². The fourth-order valence-electron chi connectivity index (χ4n) is 4.05. The lowest BCUT2D eigenvalue weighted by atomic mass is 9.92. The number of halogens is 1. The molecule has 0 radical (unpaired) electrons. The average Bonchev–Trinajstić information content (AvgIpc) is 2.62. The molecular formula is C21H33FN2O3. The molecule has 0 fully saturated rings. The maximum Gasteiger partial charge on any atom is 0.237 e. The van der Waals surface area contributed by atoms with Gasteiger partial charge < -0.3 is 20.1 Å². The molecule has 2 rings (SSSR count). The number of amides is 1. The number of nitrogens with one attached hydrogen (secondary N) is 1. The molecule has 2 N–H and O–H groups in total. The van der Waals surface area contributed by atoms with Crippen molar-refractivity contribution in [3.05, 3.63) is 35.1 Å². The molecule has 0 aliphatic carbocycles. The van der Waals surface area contributed by atoms with Gasteiger partial charge in [-0.2, -0.15) is 0 Å². The standard InChI is InChI=1S/C21H33FN2O3/c1-4-9-21(26,10-5-2)15-23-13-20(25)24-11-8-16-12-17(22)6-7-18(16)19(24)14-27-3/h6-7,12,19,23,26H,4-5,8-11,13-15H2,1-3H3. The van der Waals surface area contributed by atoms with E-state index >= 15 is 0 Å². The maximum atomic E-state index is 13.5. The van der Waals surface area contributed by atoms with Crippen LogP contribution in [0.2, 0.25) is 0 Å². The molecule has 0 saturated heterocycles. The van der Waals surface area contributed by atoms with Crippen molar-refractivity contribution in [3.8, 4) is 0 Å². The Morgan fingerprint density at radius 1 is 1.37 bits per heavy atom. The largest absolute Gasteiger partial charge is 0.389 e. The first kappa shape index (κ1) is 21.8. The number of methoxy groups -OCH3 is 1. The van der Waals surface area contributed by atoms with Gasteiger partial charge in [0.05, 0.1) is 24.8 Å². The number of hydrogen-bond acceptors (Lipinski definition) is 4. The number of aliphatic hydroxyl groups is 1. The second-order valence-corrected chi connectivity index (χ2v) is 7.48. The van der Waals surface area contributed by atoms with Gasteiger partial charge in [0.15, 0.2) is 0 Å². The quantitative estimate of drug-likeness (QED) is 0.655. The van der Waals surface area contributed by atoms with Crippen molar-refractivity contribution in [3.63, 3.8) is 0 Å². The van der Waals surface area contributed by atoms with Crippen LogP contribution < -0.4 is 5.32 Å². The van der Waals surface area contributed by atoms with Gasteiger partial charge in [-0.05, 0) is 42.5 Å². The summed E-state index contributed by atoms with van der Waals surface area (Å²) in [6, 6.07) is 4.53. The summed E-state index contributed by atoms with van der Waals surface area (Å²) in [4.78, 5) is 14.6. The van der Waals surface area contributed by atoms with E-state index < -0.39 is 5.60 Å². The van der Waals surface area contributed by atoms with Crippen molar-refractivity contribution >= 4 is 5.91 Å². The Labute approximate surface area is 161 Å². The minimum Gasteiger partial charge on any atom is -0.389 e. The summed E-state index contributed by atoms with van der Waals surface area (Å²) < 4.78 is 18.8. The molecule has 1 aliphatic rings. The van der Waals surface area contributed by atoms with E-state index in [4.69, 9.17) is 4.74 Å². The number of rotatable bonds is 10. The SMILES string of the molecule is CCCC(O)(CCC)CNCC(=O)N1CCc2cc(F)ccc2C1COC. The summed E-state index contributed by atoms with van der Waals surface area (Å²) >= 11 is 0. The zero-order valence-electron chi connectivity index (χ0n) is 16.8. The fraction of sp³-hybridized carbons (Fsp3) is 0.667. The summed E-state index contributed by atoms with van der Waals surface area (Å²) in [5.74, 6) is -0.278. The number of benzene rings is 1. The predicted octanol–water partition coefficient (Wildman–Crippen LogP) is 2.82. The predicted molar refractivity (Wildman–Crippen MR) is 104 cm³/mol. The Morgan fingerprint density at radius 2 is 2.07 bits per heavy atom. The molecule has 5 nitrogen and oxygen atoms in total. The number of carbonyl (C=O) groups is 1. The molecular weight excluding hydrogens is 347 g/mol. The number of fused-ring (bicyclic) bond motifs is 1. The summed E-state index contributed by atoms with van der Waals surface area (Å²) in [5, 5.41) is 13.8. The van der Waals surface area contributed by atoms with Crippen LogP contribution in [-0.4, -0.2) is 54.9 Å². The van der Waals surface area contributed by atoms with E-state index in [0.29, 0.717) is 26.1 Å². The molecule has 152 valence electrons. The molecule has 1 unspecified atom stereocenters. The van der Waals surface area contributed by atoms with Crippen LogP contribution in [0, 0.1) is 5.82 Å². The minimum atomic E-state index is -0.762. The lowest BCUT2D eigenvalue weighted by Gasteiger charge is -2.37. The average molecular weight is 381 g/mol. The van der Waals surface area contributed by atoms with E-state index in [-0.39, 0.29) is 24.3 Å². The summed E-state index contributed by atoms with van der Waals surface area (Å²) in [6.07, 6.45) is 3.88. The Bertz CT molecular complexity index is 617. The molecule has 6 heteroatoms. The molecule has 0 bridgehead atoms. The van der Waals surface area contributed by atoms with Gasteiger partial charge in [-0.3, -0.25) is 4.79 Å². The smallest absolute Gasteiger partial charge is 0.237 e. The van der Waals surface area contributed by atoms with Crippen LogP contribution >= 0.6 is 0 Å². The van der Waals surface area contributed by atoms with Crippen LogP contribution in [0.3, 0.4) is 0 Å². The molecule has 1 aromatic carbocycles. The fourth-order valence-corrected chi connectivity index (χ4v) is 4.05. The molecule has 1 aliphatic heterocycles. The van der Waals surface area contributed by atoms with Crippen LogP contribution in [0.25, 0.3) is 0 Å². The highest BCUT2D eigenvalue weighted by molar-refractivity contribution is 5.79. The summed E-state index contributed by atoms with van der Waals surface area (Å²) in [6.45, 7) is 5.60. The molecule has 0 aromatic heterocycles. The lowest BCUT2D eigenvalue weighted by Crippen LogP contribution is -2.48. The van der Waals surface area contributed by atoms with Gasteiger partial charge in [0.1, 0.15) is 5.82 Å². The van der Waals surface area contributed by atoms with Crippen LogP contribution in [0.5, 0.6) is 0 Å². The van der Waals surface area contributed by atoms with Gasteiger partial charge >= 0.3 is 0 Å². The van der Waals surface area contributed by atoms with E-state index in [1.54, 1.807) is 24.1 Å². The van der Waals surface area contributed by atoms with Gasteiger partial charge in [0.2, 0.25) is 5.91 Å². The molecule has 27 heavy (non-hydrogen) atoms. The first-order valence-electron chi connectivity index (χ1n) is 9.94. The van der Waals surface area contributed by atoms with Crippen LogP contribution in [-0.2, 0) is 16.0 Å². The van der Waals surface area contributed by atoms with Gasteiger partial charge in [0.25, 0.3) is 0 Å². The first-order valence-corrected chi connectivity index (χ1v) is 9.94. The number of ether oxygens (including phenoxy) is 1. The summed E-state index contributed by atoms with van der Waals surface area (Å²) in [7, 11) is 1.61. The molecule has 0 spiro atoms. The van der Waals surface area contributed by atoms with Crippen molar-refractivity contribution < 1.29 is 19.0 Å². The molecule has 1 atom stereocenters. The monoisotopic (exact) mass is 380 g/mol. The first-order chi connectivity index (χ1) is 12.9. The normalized spacial score (nSPS) is 17.1. The van der Waals surface area contributed by atoms with E-state index in [0.717, 1.165) is 36.8 Å².